The third-order valence-corrected chi connectivity index (χ3v) is 2.93. The van der Waals surface area contributed by atoms with Gasteiger partial charge in [-0.3, -0.25) is 0 Å². The molecule has 0 bridgehead atoms. The maximum atomic E-state index is 12.9. The van der Waals surface area contributed by atoms with Gasteiger partial charge in [-0.15, -0.1) is 0 Å². The van der Waals surface area contributed by atoms with Gasteiger partial charge in [0, 0.05) is 6.20 Å². The fraction of sp³-hybridized carbons (Fsp3) is 0.545. The van der Waals surface area contributed by atoms with E-state index in [0.717, 1.165) is 6.07 Å². The standard InChI is InChI=1S/C11H16BF2NO2/c1-10(2,16)11(3,4)17-12-7-5-8(13)9(14)15-6-7/h5-6,12,16H,1-4H3. The van der Waals surface area contributed by atoms with E-state index in [-0.39, 0.29) is 7.48 Å². The topological polar surface area (TPSA) is 42.4 Å². The molecule has 0 radical (unpaired) electrons. The molecule has 0 fully saturated rings. The van der Waals surface area contributed by atoms with Crippen molar-refractivity contribution >= 4 is 12.9 Å². The fourth-order valence-corrected chi connectivity index (χ4v) is 0.980. The van der Waals surface area contributed by atoms with Crippen LogP contribution in [0.4, 0.5) is 8.78 Å². The van der Waals surface area contributed by atoms with Gasteiger partial charge < -0.3 is 9.76 Å². The van der Waals surface area contributed by atoms with Gasteiger partial charge in [0.2, 0.25) is 5.95 Å². The highest BCUT2D eigenvalue weighted by atomic mass is 19.2. The van der Waals surface area contributed by atoms with Gasteiger partial charge in [0.1, 0.15) is 0 Å². The summed E-state index contributed by atoms with van der Waals surface area (Å²) in [6, 6.07) is 1.03. The van der Waals surface area contributed by atoms with Gasteiger partial charge in [-0.25, -0.2) is 9.37 Å². The van der Waals surface area contributed by atoms with Crippen LogP contribution in [-0.4, -0.2) is 28.8 Å². The fourth-order valence-electron chi connectivity index (χ4n) is 0.980. The predicted molar refractivity (Wildman–Crippen MR) is 62.4 cm³/mol. The van der Waals surface area contributed by atoms with Crippen LogP contribution in [0.1, 0.15) is 27.7 Å². The van der Waals surface area contributed by atoms with Gasteiger partial charge in [-0.2, -0.15) is 4.39 Å². The van der Waals surface area contributed by atoms with Crippen LogP contribution in [0.25, 0.3) is 0 Å². The lowest BCUT2D eigenvalue weighted by Crippen LogP contribution is -2.49. The van der Waals surface area contributed by atoms with Crippen molar-refractivity contribution in [1.29, 1.82) is 0 Å². The number of rotatable bonds is 4. The van der Waals surface area contributed by atoms with Crippen LogP contribution in [0.5, 0.6) is 0 Å². The van der Waals surface area contributed by atoms with E-state index < -0.39 is 23.0 Å². The summed E-state index contributed by atoms with van der Waals surface area (Å²) in [7, 11) is 0.0567. The maximum Gasteiger partial charge on any atom is 0.311 e. The molecule has 0 atom stereocenters. The summed E-state index contributed by atoms with van der Waals surface area (Å²) in [6.45, 7) is 6.69. The Morgan fingerprint density at radius 3 is 2.35 bits per heavy atom. The number of pyridine rings is 1. The molecule has 0 saturated heterocycles. The Hall–Kier alpha value is -1.01. The van der Waals surface area contributed by atoms with Gasteiger partial charge in [0.05, 0.1) is 11.2 Å². The van der Waals surface area contributed by atoms with E-state index in [4.69, 9.17) is 4.65 Å². The first-order valence-corrected chi connectivity index (χ1v) is 5.30. The van der Waals surface area contributed by atoms with Gasteiger partial charge in [0.15, 0.2) is 5.82 Å². The van der Waals surface area contributed by atoms with Crippen LogP contribution in [0.15, 0.2) is 12.3 Å². The van der Waals surface area contributed by atoms with Crippen LogP contribution >= 0.6 is 0 Å². The first-order valence-electron chi connectivity index (χ1n) is 5.30. The Bertz CT molecular complexity index is 405. The molecule has 94 valence electrons. The molecule has 0 spiro atoms. The number of hydrogen-bond acceptors (Lipinski definition) is 3. The van der Waals surface area contributed by atoms with E-state index in [0.29, 0.717) is 5.46 Å². The van der Waals surface area contributed by atoms with E-state index in [2.05, 4.69) is 4.98 Å². The van der Waals surface area contributed by atoms with Crippen molar-refractivity contribution in [1.82, 2.24) is 4.98 Å². The van der Waals surface area contributed by atoms with Crippen LogP contribution < -0.4 is 5.46 Å². The van der Waals surface area contributed by atoms with E-state index in [1.165, 1.54) is 6.20 Å². The van der Waals surface area contributed by atoms with E-state index in [1.807, 2.05) is 0 Å². The van der Waals surface area contributed by atoms with Gasteiger partial charge in [0.25, 0.3) is 0 Å². The normalized spacial score (nSPS) is 12.6. The average Bonchev–Trinajstić information content (AvgIpc) is 2.18. The summed E-state index contributed by atoms with van der Waals surface area (Å²) in [5, 5.41) is 9.85. The highest BCUT2D eigenvalue weighted by Gasteiger charge is 2.35. The van der Waals surface area contributed by atoms with Crippen molar-refractivity contribution in [3.63, 3.8) is 0 Å². The van der Waals surface area contributed by atoms with Crippen molar-refractivity contribution < 1.29 is 18.5 Å². The Morgan fingerprint density at radius 1 is 1.29 bits per heavy atom. The average molecular weight is 243 g/mol. The van der Waals surface area contributed by atoms with Crippen LogP contribution in [0, 0.1) is 11.8 Å². The zero-order chi connectivity index (χ0) is 13.3. The monoisotopic (exact) mass is 243 g/mol. The van der Waals surface area contributed by atoms with Crippen molar-refractivity contribution in [3.8, 4) is 0 Å². The van der Waals surface area contributed by atoms with E-state index >= 15 is 0 Å². The van der Waals surface area contributed by atoms with Crippen LogP contribution in [0.2, 0.25) is 0 Å². The molecule has 1 N–H and O–H groups in total. The Labute approximate surface area is 100 Å². The molecule has 0 amide bonds. The maximum absolute atomic E-state index is 12.9. The molecule has 0 unspecified atom stereocenters. The minimum Gasteiger partial charge on any atom is -0.427 e. The Morgan fingerprint density at radius 2 is 1.88 bits per heavy atom. The van der Waals surface area contributed by atoms with Gasteiger partial charge in [-0.1, -0.05) is 0 Å². The summed E-state index contributed by atoms with van der Waals surface area (Å²) < 4.78 is 31.0. The molecule has 17 heavy (non-hydrogen) atoms. The number of aliphatic hydroxyl groups is 1. The summed E-state index contributed by atoms with van der Waals surface area (Å²) >= 11 is 0. The number of hydrogen-bond donors (Lipinski definition) is 1. The minimum absolute atomic E-state index is 0.0567. The molecule has 6 heteroatoms. The lowest BCUT2D eigenvalue weighted by atomic mass is 9.83. The third kappa shape index (κ3) is 3.47. The zero-order valence-electron chi connectivity index (χ0n) is 10.4. The number of aromatic nitrogens is 1. The molecule has 1 rings (SSSR count). The second kappa shape index (κ2) is 4.70. The molecule has 1 heterocycles. The van der Waals surface area contributed by atoms with E-state index in [1.54, 1.807) is 27.7 Å². The first kappa shape index (κ1) is 14.1. The summed E-state index contributed by atoms with van der Waals surface area (Å²) in [5.41, 5.74) is -1.43. The highest BCUT2D eigenvalue weighted by molar-refractivity contribution is 6.46. The largest absolute Gasteiger partial charge is 0.427 e. The SMILES string of the molecule is CC(C)(O)C(C)(C)OBc1cnc(F)c(F)c1. The minimum atomic E-state index is -1.13. The molecule has 0 aromatic carbocycles. The van der Waals surface area contributed by atoms with Crippen LogP contribution in [0.3, 0.4) is 0 Å². The molecule has 1 aromatic rings. The second-order valence-electron chi connectivity index (χ2n) is 4.97. The van der Waals surface area contributed by atoms with Gasteiger partial charge >= 0.3 is 7.48 Å². The van der Waals surface area contributed by atoms with Gasteiger partial charge in [-0.05, 0) is 39.2 Å². The third-order valence-electron chi connectivity index (χ3n) is 2.93. The van der Waals surface area contributed by atoms with Crippen molar-refractivity contribution in [2.45, 2.75) is 38.9 Å². The molecular formula is C11H16BF2NO2. The molecule has 0 aliphatic rings. The van der Waals surface area contributed by atoms with Crippen LogP contribution in [-0.2, 0) is 4.65 Å². The number of halogens is 2. The lowest BCUT2D eigenvalue weighted by molar-refractivity contribution is -0.0893. The smallest absolute Gasteiger partial charge is 0.311 e. The van der Waals surface area contributed by atoms with Crippen molar-refractivity contribution in [2.24, 2.45) is 0 Å². The summed E-state index contributed by atoms with van der Waals surface area (Å²) in [5.74, 6) is -2.14. The lowest BCUT2D eigenvalue weighted by Gasteiger charge is -2.37. The summed E-state index contributed by atoms with van der Waals surface area (Å²) in [6.07, 6.45) is 1.21. The summed E-state index contributed by atoms with van der Waals surface area (Å²) in [4.78, 5) is 3.26. The molecule has 3 nitrogen and oxygen atoms in total. The molecule has 0 saturated carbocycles. The molecular weight excluding hydrogens is 227 g/mol. The highest BCUT2D eigenvalue weighted by Crippen LogP contribution is 2.24. The zero-order valence-corrected chi connectivity index (χ0v) is 10.4. The van der Waals surface area contributed by atoms with Crippen molar-refractivity contribution in [2.75, 3.05) is 0 Å². The second-order valence-corrected chi connectivity index (χ2v) is 4.97. The predicted octanol–water partition coefficient (Wildman–Crippen LogP) is 0.903. The number of nitrogens with zero attached hydrogens (tertiary/aromatic N) is 1. The molecule has 0 aliphatic heterocycles. The first-order chi connectivity index (χ1) is 7.63. The quantitative estimate of drug-likeness (QED) is 0.631. The Balaban J connectivity index is 2.71. The van der Waals surface area contributed by atoms with E-state index in [9.17, 15) is 13.9 Å². The molecule has 0 aliphatic carbocycles. The Kier molecular flexibility index (Phi) is 3.89. The molecule has 1 aromatic heterocycles. The van der Waals surface area contributed by atoms with Crippen molar-refractivity contribution in [3.05, 3.63) is 24.0 Å².